The summed E-state index contributed by atoms with van der Waals surface area (Å²) in [6, 6.07) is 15.6. The van der Waals surface area contributed by atoms with Crippen molar-refractivity contribution in [2.24, 2.45) is 0 Å². The summed E-state index contributed by atoms with van der Waals surface area (Å²) < 4.78 is 1.79. The van der Waals surface area contributed by atoms with Gasteiger partial charge in [-0.2, -0.15) is 10.4 Å². The lowest BCUT2D eigenvalue weighted by molar-refractivity contribution is -0.112. The van der Waals surface area contributed by atoms with E-state index in [0.717, 1.165) is 11.1 Å². The molecule has 0 aliphatic rings. The molecule has 3 aromatic heterocycles. The largest absolute Gasteiger partial charge is 0.297 e. The Labute approximate surface area is 177 Å². The fraction of sp³-hybridized carbons (Fsp3) is 0.0455. The van der Waals surface area contributed by atoms with Crippen molar-refractivity contribution in [2.45, 2.75) is 6.54 Å². The number of nitrogens with zero attached hydrogens (tertiary/aromatic N) is 5. The number of anilines is 1. The van der Waals surface area contributed by atoms with Gasteiger partial charge in [0, 0.05) is 41.3 Å². The van der Waals surface area contributed by atoms with Crippen molar-refractivity contribution < 1.29 is 4.79 Å². The summed E-state index contributed by atoms with van der Waals surface area (Å²) in [5, 5.41) is 19.1. The number of nitrogens with one attached hydrogen (secondary N) is 1. The van der Waals surface area contributed by atoms with Crippen LogP contribution in [-0.2, 0) is 11.3 Å². The molecule has 4 aromatic rings. The highest BCUT2D eigenvalue weighted by molar-refractivity contribution is 7.13. The fourth-order valence-corrected chi connectivity index (χ4v) is 3.40. The Hall–Kier alpha value is -4.09. The lowest BCUT2D eigenvalue weighted by Crippen LogP contribution is -2.13. The Morgan fingerprint density at radius 2 is 2.07 bits per heavy atom. The average Bonchev–Trinajstić information content (AvgIpc) is 3.43. The van der Waals surface area contributed by atoms with Crippen LogP contribution >= 0.6 is 11.3 Å². The molecule has 0 radical (unpaired) electrons. The lowest BCUT2D eigenvalue weighted by atomic mass is 10.1. The summed E-state index contributed by atoms with van der Waals surface area (Å²) in [6.45, 7) is 0.565. The molecule has 1 aromatic carbocycles. The molecule has 30 heavy (non-hydrogen) atoms. The minimum atomic E-state index is -0.514. The minimum Gasteiger partial charge on any atom is -0.297 e. The molecular formula is C22H16N6OS. The molecule has 4 rings (SSSR count). The Morgan fingerprint density at radius 1 is 1.20 bits per heavy atom. The first kappa shape index (κ1) is 19.2. The molecule has 0 atom stereocenters. The molecule has 0 fully saturated rings. The van der Waals surface area contributed by atoms with Crippen LogP contribution in [0.15, 0.2) is 78.2 Å². The minimum absolute atomic E-state index is 0.0328. The molecule has 146 valence electrons. The van der Waals surface area contributed by atoms with Crippen molar-refractivity contribution in [1.82, 2.24) is 19.7 Å². The van der Waals surface area contributed by atoms with Crippen LogP contribution in [0.4, 0.5) is 5.13 Å². The van der Waals surface area contributed by atoms with E-state index in [9.17, 15) is 10.1 Å². The number of pyridine rings is 1. The quantitative estimate of drug-likeness (QED) is 0.381. The number of nitriles is 1. The summed E-state index contributed by atoms with van der Waals surface area (Å²) in [4.78, 5) is 20.7. The molecule has 7 nitrogen and oxygen atoms in total. The highest BCUT2D eigenvalue weighted by atomic mass is 32.1. The highest BCUT2D eigenvalue weighted by Crippen LogP contribution is 2.24. The zero-order valence-electron chi connectivity index (χ0n) is 15.8. The Morgan fingerprint density at radius 3 is 2.77 bits per heavy atom. The van der Waals surface area contributed by atoms with Crippen molar-refractivity contribution in [3.8, 4) is 17.3 Å². The van der Waals surface area contributed by atoms with Gasteiger partial charge >= 0.3 is 0 Å². The van der Waals surface area contributed by atoms with Crippen LogP contribution in [0.5, 0.6) is 0 Å². The van der Waals surface area contributed by atoms with Crippen LogP contribution in [0, 0.1) is 11.3 Å². The highest BCUT2D eigenvalue weighted by Gasteiger charge is 2.15. The van der Waals surface area contributed by atoms with Gasteiger partial charge in [-0.25, -0.2) is 4.98 Å². The van der Waals surface area contributed by atoms with Gasteiger partial charge in [0.25, 0.3) is 5.91 Å². The van der Waals surface area contributed by atoms with E-state index in [0.29, 0.717) is 22.9 Å². The topological polar surface area (TPSA) is 96.5 Å². The van der Waals surface area contributed by atoms with Crippen LogP contribution in [0.1, 0.15) is 11.1 Å². The van der Waals surface area contributed by atoms with E-state index >= 15 is 0 Å². The third-order valence-corrected chi connectivity index (χ3v) is 4.92. The molecule has 1 amide bonds. The fourth-order valence-electron chi connectivity index (χ4n) is 2.87. The number of aromatic nitrogens is 4. The third kappa shape index (κ3) is 4.48. The number of rotatable bonds is 6. The molecule has 0 saturated heterocycles. The zero-order valence-corrected chi connectivity index (χ0v) is 16.6. The normalized spacial score (nSPS) is 11.1. The SMILES string of the molecule is N#CC(=Cc1cn(Cc2ccccc2)nc1-c1cccnc1)C(=O)Nc1nccs1. The summed E-state index contributed by atoms with van der Waals surface area (Å²) in [5.74, 6) is -0.514. The number of benzene rings is 1. The first-order valence-corrected chi connectivity index (χ1v) is 9.95. The Bertz CT molecular complexity index is 1210. The van der Waals surface area contributed by atoms with Gasteiger partial charge in [-0.3, -0.25) is 19.8 Å². The van der Waals surface area contributed by atoms with Gasteiger partial charge in [0.1, 0.15) is 17.3 Å². The molecular weight excluding hydrogens is 396 g/mol. The number of carbonyl (C=O) groups excluding carboxylic acids is 1. The molecule has 0 bridgehead atoms. The summed E-state index contributed by atoms with van der Waals surface area (Å²) in [6.07, 6.45) is 8.34. The molecule has 0 saturated carbocycles. The van der Waals surface area contributed by atoms with Gasteiger partial charge in [0.15, 0.2) is 5.13 Å². The number of hydrogen-bond donors (Lipinski definition) is 1. The van der Waals surface area contributed by atoms with Crippen LogP contribution in [0.25, 0.3) is 17.3 Å². The van der Waals surface area contributed by atoms with Gasteiger partial charge in [0.05, 0.1) is 6.54 Å². The van der Waals surface area contributed by atoms with Gasteiger partial charge < -0.3 is 0 Å². The van der Waals surface area contributed by atoms with Crippen molar-refractivity contribution in [3.05, 3.63) is 89.3 Å². The second-order valence-electron chi connectivity index (χ2n) is 6.32. The van der Waals surface area contributed by atoms with E-state index in [1.165, 1.54) is 11.3 Å². The maximum Gasteiger partial charge on any atom is 0.268 e. The van der Waals surface area contributed by atoms with Crippen LogP contribution in [0.3, 0.4) is 0 Å². The molecule has 0 spiro atoms. The van der Waals surface area contributed by atoms with Crippen LogP contribution < -0.4 is 5.32 Å². The maximum absolute atomic E-state index is 12.5. The molecule has 0 unspecified atom stereocenters. The average molecular weight is 412 g/mol. The standard InChI is InChI=1S/C22H16N6OS/c23-12-18(21(29)26-22-25-9-10-30-22)11-19-15-28(14-16-5-2-1-3-6-16)27-20(19)17-7-4-8-24-13-17/h1-11,13,15H,14H2,(H,25,26,29). The monoisotopic (exact) mass is 412 g/mol. The number of hydrogen-bond acceptors (Lipinski definition) is 6. The van der Waals surface area contributed by atoms with Crippen molar-refractivity contribution in [2.75, 3.05) is 5.32 Å². The predicted octanol–water partition coefficient (Wildman–Crippen LogP) is 4.00. The van der Waals surface area contributed by atoms with E-state index in [2.05, 4.69) is 20.4 Å². The Kier molecular flexibility index (Phi) is 5.73. The van der Waals surface area contributed by atoms with Gasteiger partial charge in [-0.15, -0.1) is 11.3 Å². The van der Waals surface area contributed by atoms with E-state index in [1.807, 2.05) is 54.7 Å². The summed E-state index contributed by atoms with van der Waals surface area (Å²) >= 11 is 1.29. The van der Waals surface area contributed by atoms with E-state index < -0.39 is 5.91 Å². The second-order valence-corrected chi connectivity index (χ2v) is 7.21. The number of thiazole rings is 1. The summed E-state index contributed by atoms with van der Waals surface area (Å²) in [7, 11) is 0. The predicted molar refractivity (Wildman–Crippen MR) is 115 cm³/mol. The summed E-state index contributed by atoms with van der Waals surface area (Å²) in [5.41, 5.74) is 3.16. The molecule has 1 N–H and O–H groups in total. The van der Waals surface area contributed by atoms with E-state index in [-0.39, 0.29) is 5.57 Å². The van der Waals surface area contributed by atoms with Crippen molar-refractivity contribution in [3.63, 3.8) is 0 Å². The van der Waals surface area contributed by atoms with Gasteiger partial charge in [-0.05, 0) is 23.8 Å². The number of amides is 1. The third-order valence-electron chi connectivity index (χ3n) is 4.23. The smallest absolute Gasteiger partial charge is 0.268 e. The zero-order chi connectivity index (χ0) is 20.8. The van der Waals surface area contributed by atoms with Crippen molar-refractivity contribution in [1.29, 1.82) is 5.26 Å². The van der Waals surface area contributed by atoms with Crippen LogP contribution in [-0.4, -0.2) is 25.7 Å². The van der Waals surface area contributed by atoms with Crippen molar-refractivity contribution >= 4 is 28.5 Å². The first-order chi connectivity index (χ1) is 14.7. The number of carbonyl (C=O) groups is 1. The maximum atomic E-state index is 12.5. The molecule has 0 aliphatic heterocycles. The Balaban J connectivity index is 1.70. The molecule has 3 heterocycles. The van der Waals surface area contributed by atoms with Gasteiger partial charge in [0.2, 0.25) is 0 Å². The molecule has 0 aliphatic carbocycles. The molecule has 8 heteroatoms. The van der Waals surface area contributed by atoms with Gasteiger partial charge in [-0.1, -0.05) is 30.3 Å². The van der Waals surface area contributed by atoms with Crippen LogP contribution in [0.2, 0.25) is 0 Å². The van der Waals surface area contributed by atoms with E-state index in [4.69, 9.17) is 0 Å². The second kappa shape index (κ2) is 8.94. The van der Waals surface area contributed by atoms with E-state index in [1.54, 1.807) is 34.7 Å². The first-order valence-electron chi connectivity index (χ1n) is 9.07. The lowest BCUT2D eigenvalue weighted by Gasteiger charge is -2.01.